The lowest BCUT2D eigenvalue weighted by Gasteiger charge is -2.35. The van der Waals surface area contributed by atoms with Crippen LogP contribution in [0.3, 0.4) is 0 Å². The summed E-state index contributed by atoms with van der Waals surface area (Å²) in [5.74, 6) is 0.114. The van der Waals surface area contributed by atoms with Gasteiger partial charge < -0.3 is 14.2 Å². The fourth-order valence-corrected chi connectivity index (χ4v) is 4.23. The Morgan fingerprint density at radius 3 is 2.77 bits per heavy atom. The largest absolute Gasteiger partial charge is 0.447 e. The number of thiazole rings is 1. The van der Waals surface area contributed by atoms with E-state index in [9.17, 15) is 9.18 Å². The van der Waals surface area contributed by atoms with Gasteiger partial charge in [-0.25, -0.2) is 14.4 Å². The van der Waals surface area contributed by atoms with Gasteiger partial charge in [-0.05, 0) is 19.1 Å². The molecule has 0 unspecified atom stereocenters. The van der Waals surface area contributed by atoms with Crippen molar-refractivity contribution in [3.05, 3.63) is 64.5 Å². The SMILES string of the molecule is C[C@H](c1nccs1)N(C)C(=O)c1coc(CN2CCN(c3ccccc3F)CC2)n1. The molecule has 0 saturated carbocycles. The van der Waals surface area contributed by atoms with Crippen LogP contribution in [0.15, 0.2) is 46.5 Å². The number of carbonyl (C=O) groups excluding carboxylic acids is 1. The number of amides is 1. The second-order valence-electron chi connectivity index (χ2n) is 7.30. The molecule has 0 radical (unpaired) electrons. The highest BCUT2D eigenvalue weighted by molar-refractivity contribution is 7.09. The Morgan fingerprint density at radius 1 is 1.30 bits per heavy atom. The van der Waals surface area contributed by atoms with E-state index in [0.717, 1.165) is 31.2 Å². The molecule has 4 rings (SSSR count). The van der Waals surface area contributed by atoms with E-state index >= 15 is 0 Å². The number of carbonyl (C=O) groups is 1. The van der Waals surface area contributed by atoms with Gasteiger partial charge in [0.1, 0.15) is 17.1 Å². The average Bonchev–Trinajstić information content (AvgIpc) is 3.46. The molecule has 0 bridgehead atoms. The topological polar surface area (TPSA) is 65.7 Å². The van der Waals surface area contributed by atoms with Gasteiger partial charge in [-0.1, -0.05) is 12.1 Å². The van der Waals surface area contributed by atoms with Crippen molar-refractivity contribution in [1.82, 2.24) is 19.8 Å². The van der Waals surface area contributed by atoms with Crippen molar-refractivity contribution in [3.63, 3.8) is 0 Å². The van der Waals surface area contributed by atoms with Crippen LogP contribution in [0.4, 0.5) is 10.1 Å². The first kappa shape index (κ1) is 20.5. The van der Waals surface area contributed by atoms with Gasteiger partial charge in [-0.15, -0.1) is 11.3 Å². The fourth-order valence-electron chi connectivity index (χ4n) is 3.49. The van der Waals surface area contributed by atoms with Gasteiger partial charge in [0, 0.05) is 44.8 Å². The van der Waals surface area contributed by atoms with E-state index in [4.69, 9.17) is 4.42 Å². The minimum atomic E-state index is -0.197. The number of anilines is 1. The maximum absolute atomic E-state index is 14.0. The summed E-state index contributed by atoms with van der Waals surface area (Å²) in [4.78, 5) is 27.3. The number of halogens is 1. The maximum Gasteiger partial charge on any atom is 0.276 e. The summed E-state index contributed by atoms with van der Waals surface area (Å²) in [5, 5.41) is 2.77. The molecule has 9 heteroatoms. The number of hydrogen-bond acceptors (Lipinski definition) is 7. The third-order valence-corrected chi connectivity index (χ3v) is 6.35. The third kappa shape index (κ3) is 4.36. The predicted octanol–water partition coefficient (Wildman–Crippen LogP) is 3.43. The number of benzene rings is 1. The minimum absolute atomic E-state index is 0.135. The summed E-state index contributed by atoms with van der Waals surface area (Å²) >= 11 is 1.52. The summed E-state index contributed by atoms with van der Waals surface area (Å²) < 4.78 is 19.5. The molecule has 3 heterocycles. The molecule has 0 N–H and O–H groups in total. The summed E-state index contributed by atoms with van der Waals surface area (Å²) in [7, 11) is 1.74. The predicted molar refractivity (Wildman–Crippen MR) is 113 cm³/mol. The quantitative estimate of drug-likeness (QED) is 0.598. The van der Waals surface area contributed by atoms with Crippen LogP contribution in [-0.2, 0) is 6.54 Å². The summed E-state index contributed by atoms with van der Waals surface area (Å²) in [6.45, 7) is 5.43. The van der Waals surface area contributed by atoms with Crippen molar-refractivity contribution >= 4 is 22.9 Å². The lowest BCUT2D eigenvalue weighted by atomic mass is 10.2. The van der Waals surface area contributed by atoms with E-state index in [1.54, 1.807) is 30.3 Å². The van der Waals surface area contributed by atoms with Crippen LogP contribution < -0.4 is 4.90 Å². The Balaban J connectivity index is 1.33. The third-order valence-electron chi connectivity index (χ3n) is 5.41. The Labute approximate surface area is 178 Å². The highest BCUT2D eigenvalue weighted by atomic mass is 32.1. The Bertz CT molecular complexity index is 985. The second kappa shape index (κ2) is 8.93. The molecule has 1 saturated heterocycles. The zero-order valence-corrected chi connectivity index (χ0v) is 17.8. The van der Waals surface area contributed by atoms with Crippen molar-refractivity contribution in [2.24, 2.45) is 0 Å². The number of para-hydroxylation sites is 1. The van der Waals surface area contributed by atoms with Crippen LogP contribution in [0, 0.1) is 5.82 Å². The highest BCUT2D eigenvalue weighted by Gasteiger charge is 2.25. The van der Waals surface area contributed by atoms with E-state index in [2.05, 4.69) is 14.9 Å². The number of rotatable bonds is 6. The smallest absolute Gasteiger partial charge is 0.276 e. The Hall–Kier alpha value is -2.78. The molecule has 1 aliphatic rings. The van der Waals surface area contributed by atoms with Crippen molar-refractivity contribution in [3.8, 4) is 0 Å². The Morgan fingerprint density at radius 2 is 2.07 bits per heavy atom. The lowest BCUT2D eigenvalue weighted by Crippen LogP contribution is -2.46. The molecule has 30 heavy (non-hydrogen) atoms. The number of piperazine rings is 1. The first-order valence-electron chi connectivity index (χ1n) is 9.85. The molecule has 0 aliphatic carbocycles. The van der Waals surface area contributed by atoms with Crippen LogP contribution >= 0.6 is 11.3 Å². The average molecular weight is 430 g/mol. The second-order valence-corrected chi connectivity index (χ2v) is 8.23. The van der Waals surface area contributed by atoms with Crippen LogP contribution in [-0.4, -0.2) is 58.9 Å². The number of oxazole rings is 1. The van der Waals surface area contributed by atoms with Gasteiger partial charge in [0.15, 0.2) is 5.69 Å². The number of hydrogen-bond donors (Lipinski definition) is 0. The van der Waals surface area contributed by atoms with E-state index in [0.29, 0.717) is 23.8 Å². The standard InChI is InChI=1S/C21H24FN5O2S/c1-15(20-23-7-12-30-20)25(2)21(28)17-14-29-19(24-17)13-26-8-10-27(11-9-26)18-6-4-3-5-16(18)22/h3-7,12,14-15H,8-11,13H2,1-2H3/t15-/m1/s1. The van der Waals surface area contributed by atoms with Gasteiger partial charge >= 0.3 is 0 Å². The summed E-state index contributed by atoms with van der Waals surface area (Å²) in [6.07, 6.45) is 3.15. The van der Waals surface area contributed by atoms with Crippen LogP contribution in [0.5, 0.6) is 0 Å². The number of nitrogens with zero attached hydrogens (tertiary/aromatic N) is 5. The lowest BCUT2D eigenvalue weighted by molar-refractivity contribution is 0.0736. The van der Waals surface area contributed by atoms with Gasteiger partial charge in [0.25, 0.3) is 5.91 Å². The molecule has 1 amide bonds. The maximum atomic E-state index is 14.0. The minimum Gasteiger partial charge on any atom is -0.447 e. The van der Waals surface area contributed by atoms with Gasteiger partial charge in [-0.2, -0.15) is 0 Å². The first-order chi connectivity index (χ1) is 14.5. The van der Waals surface area contributed by atoms with Crippen LogP contribution in [0.1, 0.15) is 34.4 Å². The van der Waals surface area contributed by atoms with Gasteiger partial charge in [0.2, 0.25) is 5.89 Å². The zero-order chi connectivity index (χ0) is 21.1. The van der Waals surface area contributed by atoms with Crippen LogP contribution in [0.25, 0.3) is 0 Å². The van der Waals surface area contributed by atoms with Crippen molar-refractivity contribution in [2.45, 2.75) is 19.5 Å². The van der Waals surface area contributed by atoms with Gasteiger partial charge in [-0.3, -0.25) is 9.69 Å². The van der Waals surface area contributed by atoms with Gasteiger partial charge in [0.05, 0.1) is 18.3 Å². The molecular formula is C21H24FN5O2S. The van der Waals surface area contributed by atoms with Crippen molar-refractivity contribution in [2.75, 3.05) is 38.1 Å². The van der Waals surface area contributed by atoms with Crippen molar-refractivity contribution < 1.29 is 13.6 Å². The first-order valence-corrected chi connectivity index (χ1v) is 10.7. The zero-order valence-electron chi connectivity index (χ0n) is 17.0. The summed E-state index contributed by atoms with van der Waals surface area (Å²) in [6, 6.07) is 6.71. The molecule has 158 valence electrons. The van der Waals surface area contributed by atoms with E-state index < -0.39 is 0 Å². The molecular weight excluding hydrogens is 405 g/mol. The van der Waals surface area contributed by atoms with Crippen LogP contribution in [0.2, 0.25) is 0 Å². The normalized spacial score (nSPS) is 15.9. The molecule has 7 nitrogen and oxygen atoms in total. The highest BCUT2D eigenvalue weighted by Crippen LogP contribution is 2.23. The Kier molecular flexibility index (Phi) is 6.10. The van der Waals surface area contributed by atoms with Crippen molar-refractivity contribution in [1.29, 1.82) is 0 Å². The summed E-state index contributed by atoms with van der Waals surface area (Å²) in [5.41, 5.74) is 0.930. The van der Waals surface area contributed by atoms with E-state index in [-0.39, 0.29) is 17.8 Å². The molecule has 2 aromatic heterocycles. The molecule has 0 spiro atoms. The monoisotopic (exact) mass is 429 g/mol. The van der Waals surface area contributed by atoms with E-state index in [1.165, 1.54) is 23.7 Å². The molecule has 1 fully saturated rings. The molecule has 1 aliphatic heterocycles. The fraction of sp³-hybridized carbons (Fsp3) is 0.381. The molecule has 3 aromatic rings. The van der Waals surface area contributed by atoms with E-state index in [1.807, 2.05) is 23.3 Å². The number of aromatic nitrogens is 2. The molecule has 1 aromatic carbocycles. The molecule has 1 atom stereocenters.